The molecule has 0 heterocycles. The van der Waals surface area contributed by atoms with Crippen LogP contribution in [0.2, 0.25) is 0 Å². The first-order valence-electron chi connectivity index (χ1n) is 11.1. The minimum atomic E-state index is -4.04. The van der Waals surface area contributed by atoms with Crippen LogP contribution in [0, 0.1) is 5.92 Å². The normalized spacial score (nSPS) is 12.1. The van der Waals surface area contributed by atoms with Gasteiger partial charge in [-0.15, -0.1) is 11.8 Å². The molecule has 0 radical (unpaired) electrons. The highest BCUT2D eigenvalue weighted by molar-refractivity contribution is 7.98. The van der Waals surface area contributed by atoms with Gasteiger partial charge in [-0.25, -0.2) is 8.42 Å². The predicted octanol–water partition coefficient (Wildman–Crippen LogP) is 5.29. The van der Waals surface area contributed by atoms with Gasteiger partial charge in [0.25, 0.3) is 15.9 Å². The van der Waals surface area contributed by atoms with Gasteiger partial charge >= 0.3 is 0 Å². The number of anilines is 2. The summed E-state index contributed by atoms with van der Waals surface area (Å²) in [5, 5.41) is 5.70. The van der Waals surface area contributed by atoms with Gasteiger partial charge in [-0.05, 0) is 49.1 Å². The minimum absolute atomic E-state index is 0.0257. The van der Waals surface area contributed by atoms with Gasteiger partial charge in [0, 0.05) is 10.8 Å². The summed E-state index contributed by atoms with van der Waals surface area (Å²) in [5.74, 6) is -0.869. The number of hydrogen-bond acceptors (Lipinski definition) is 5. The molecule has 0 spiro atoms. The minimum Gasteiger partial charge on any atom is -0.345 e. The van der Waals surface area contributed by atoms with Crippen molar-refractivity contribution in [1.29, 1.82) is 0 Å². The topological polar surface area (TPSA) is 104 Å². The molecule has 0 aliphatic heterocycles. The molecule has 184 valence electrons. The van der Waals surface area contributed by atoms with Gasteiger partial charge in [0.05, 0.1) is 27.9 Å². The fourth-order valence-electron chi connectivity index (χ4n) is 3.30. The molecule has 3 aromatic rings. The van der Waals surface area contributed by atoms with E-state index in [-0.39, 0.29) is 34.0 Å². The van der Waals surface area contributed by atoms with Crippen LogP contribution in [0.4, 0.5) is 11.4 Å². The third kappa shape index (κ3) is 6.64. The zero-order valence-electron chi connectivity index (χ0n) is 20.0. The van der Waals surface area contributed by atoms with Crippen LogP contribution in [0.15, 0.2) is 82.6 Å². The third-order valence-corrected chi connectivity index (χ3v) is 7.49. The number of nitrogens with one attached hydrogen (secondary N) is 3. The molecule has 0 fully saturated rings. The first kappa shape index (κ1) is 26.3. The van der Waals surface area contributed by atoms with Crippen LogP contribution in [0.5, 0.6) is 0 Å². The van der Waals surface area contributed by atoms with Crippen molar-refractivity contribution in [2.24, 2.45) is 5.92 Å². The average Bonchev–Trinajstić information content (AvgIpc) is 2.84. The maximum atomic E-state index is 13.2. The lowest BCUT2D eigenvalue weighted by molar-refractivity contribution is -0.118. The van der Waals surface area contributed by atoms with Crippen LogP contribution in [0.1, 0.15) is 42.7 Å². The van der Waals surface area contributed by atoms with E-state index >= 15 is 0 Å². The lowest BCUT2D eigenvalue weighted by atomic mass is 10.1. The SMILES string of the molecule is CSc1ccc(S(=O)(=O)Nc2ccccc2C(=O)NC(C)c2ccccc2)cc1NC(=O)C(C)C. The molecule has 3 aromatic carbocycles. The zero-order chi connectivity index (χ0) is 25.6. The van der Waals surface area contributed by atoms with Crippen LogP contribution in [0.3, 0.4) is 0 Å². The van der Waals surface area contributed by atoms with Gasteiger partial charge in [-0.2, -0.15) is 0 Å². The molecule has 0 aliphatic rings. The second-order valence-corrected chi connectivity index (χ2v) is 10.8. The molecule has 3 rings (SSSR count). The Balaban J connectivity index is 1.86. The highest BCUT2D eigenvalue weighted by atomic mass is 32.2. The first-order chi connectivity index (χ1) is 16.6. The van der Waals surface area contributed by atoms with Crippen LogP contribution in [-0.2, 0) is 14.8 Å². The van der Waals surface area contributed by atoms with E-state index in [1.54, 1.807) is 38.1 Å². The summed E-state index contributed by atoms with van der Waals surface area (Å²) in [6.45, 7) is 5.38. The fourth-order valence-corrected chi connectivity index (χ4v) is 4.94. The van der Waals surface area contributed by atoms with Crippen LogP contribution in [0.25, 0.3) is 0 Å². The maximum absolute atomic E-state index is 13.2. The number of para-hydroxylation sites is 1. The number of carbonyl (C=O) groups is 2. The van der Waals surface area contributed by atoms with Gasteiger partial charge in [0.15, 0.2) is 0 Å². The molecular formula is C26H29N3O4S2. The molecule has 35 heavy (non-hydrogen) atoms. The van der Waals surface area contributed by atoms with Crippen molar-refractivity contribution < 1.29 is 18.0 Å². The molecule has 0 aromatic heterocycles. The Morgan fingerprint density at radius 1 is 0.857 bits per heavy atom. The highest BCUT2D eigenvalue weighted by Gasteiger charge is 2.21. The molecule has 3 N–H and O–H groups in total. The Hall–Kier alpha value is -3.30. The molecule has 0 saturated heterocycles. The second kappa shape index (κ2) is 11.4. The van der Waals surface area contributed by atoms with Gasteiger partial charge in [0.2, 0.25) is 5.91 Å². The van der Waals surface area contributed by atoms with E-state index in [0.29, 0.717) is 5.69 Å². The van der Waals surface area contributed by atoms with Crippen LogP contribution in [-0.4, -0.2) is 26.5 Å². The van der Waals surface area contributed by atoms with E-state index in [4.69, 9.17) is 0 Å². The summed E-state index contributed by atoms with van der Waals surface area (Å²) in [4.78, 5) is 25.9. The van der Waals surface area contributed by atoms with Crippen molar-refractivity contribution in [2.45, 2.75) is 36.6 Å². The van der Waals surface area contributed by atoms with Crippen molar-refractivity contribution in [3.63, 3.8) is 0 Å². The van der Waals surface area contributed by atoms with Crippen molar-refractivity contribution in [1.82, 2.24) is 5.32 Å². The number of hydrogen-bond donors (Lipinski definition) is 3. The zero-order valence-corrected chi connectivity index (χ0v) is 21.7. The Morgan fingerprint density at radius 3 is 2.17 bits per heavy atom. The average molecular weight is 512 g/mol. The fraction of sp³-hybridized carbons (Fsp3) is 0.231. The van der Waals surface area contributed by atoms with E-state index in [9.17, 15) is 18.0 Å². The molecule has 1 unspecified atom stereocenters. The van der Waals surface area contributed by atoms with E-state index in [1.165, 1.54) is 30.0 Å². The van der Waals surface area contributed by atoms with Crippen molar-refractivity contribution in [2.75, 3.05) is 16.3 Å². The lowest BCUT2D eigenvalue weighted by Crippen LogP contribution is -2.28. The molecular weight excluding hydrogens is 482 g/mol. The molecule has 7 nitrogen and oxygen atoms in total. The summed E-state index contributed by atoms with van der Waals surface area (Å²) in [6.07, 6.45) is 1.85. The van der Waals surface area contributed by atoms with Gasteiger partial charge in [-0.1, -0.05) is 56.3 Å². The first-order valence-corrected chi connectivity index (χ1v) is 13.8. The smallest absolute Gasteiger partial charge is 0.261 e. The second-order valence-electron chi connectivity index (χ2n) is 8.26. The van der Waals surface area contributed by atoms with E-state index in [2.05, 4.69) is 15.4 Å². The number of benzene rings is 3. The molecule has 2 amide bonds. The third-order valence-electron chi connectivity index (χ3n) is 5.33. The van der Waals surface area contributed by atoms with Crippen molar-refractivity contribution in [3.8, 4) is 0 Å². The van der Waals surface area contributed by atoms with Gasteiger partial charge < -0.3 is 10.6 Å². The quantitative estimate of drug-likeness (QED) is 0.339. The largest absolute Gasteiger partial charge is 0.345 e. The van der Waals surface area contributed by atoms with Crippen LogP contribution < -0.4 is 15.4 Å². The van der Waals surface area contributed by atoms with E-state index < -0.39 is 15.9 Å². The number of rotatable bonds is 9. The van der Waals surface area contributed by atoms with Crippen LogP contribution >= 0.6 is 11.8 Å². The lowest BCUT2D eigenvalue weighted by Gasteiger charge is -2.17. The van der Waals surface area contributed by atoms with Crippen molar-refractivity contribution >= 4 is 45.0 Å². The van der Waals surface area contributed by atoms with E-state index in [1.807, 2.05) is 43.5 Å². The Kier molecular flexibility index (Phi) is 8.58. The Bertz CT molecular complexity index is 1310. The van der Waals surface area contributed by atoms with Gasteiger partial charge in [0.1, 0.15) is 0 Å². The Morgan fingerprint density at radius 2 is 1.51 bits per heavy atom. The molecule has 0 bridgehead atoms. The van der Waals surface area contributed by atoms with E-state index in [0.717, 1.165) is 10.5 Å². The summed E-state index contributed by atoms with van der Waals surface area (Å²) in [7, 11) is -4.04. The predicted molar refractivity (Wildman–Crippen MR) is 141 cm³/mol. The summed E-state index contributed by atoms with van der Waals surface area (Å²) in [5.41, 5.74) is 1.71. The molecule has 0 saturated carbocycles. The molecule has 1 atom stereocenters. The van der Waals surface area contributed by atoms with Gasteiger partial charge in [-0.3, -0.25) is 14.3 Å². The number of carbonyl (C=O) groups excluding carboxylic acids is 2. The monoisotopic (exact) mass is 511 g/mol. The maximum Gasteiger partial charge on any atom is 0.261 e. The Labute approximate surface area is 210 Å². The highest BCUT2D eigenvalue weighted by Crippen LogP contribution is 2.30. The number of thioether (sulfide) groups is 1. The summed E-state index contributed by atoms with van der Waals surface area (Å²) < 4.78 is 29.0. The summed E-state index contributed by atoms with van der Waals surface area (Å²) >= 11 is 1.40. The number of sulfonamides is 1. The standard InChI is InChI=1S/C26H29N3O4S2/c1-17(2)25(30)28-23-16-20(14-15-24(23)34-4)35(32,33)29-22-13-9-8-12-21(22)26(31)27-18(3)19-10-6-5-7-11-19/h5-18,29H,1-4H3,(H,27,31)(H,28,30). The molecule has 9 heteroatoms. The molecule has 0 aliphatic carbocycles. The summed E-state index contributed by atoms with van der Waals surface area (Å²) in [6, 6.07) is 20.2. The number of amides is 2. The van der Waals surface area contributed by atoms with Crippen molar-refractivity contribution in [3.05, 3.63) is 83.9 Å².